The van der Waals surface area contributed by atoms with Crippen molar-refractivity contribution in [2.24, 2.45) is 11.7 Å². The molecule has 0 saturated carbocycles. The minimum absolute atomic E-state index is 0.0445. The summed E-state index contributed by atoms with van der Waals surface area (Å²) >= 11 is 0. The van der Waals surface area contributed by atoms with E-state index in [1.54, 1.807) is 0 Å². The summed E-state index contributed by atoms with van der Waals surface area (Å²) in [6.45, 7) is 7.70. The summed E-state index contributed by atoms with van der Waals surface area (Å²) in [7, 11) is 0. The van der Waals surface area contributed by atoms with Gasteiger partial charge in [-0.25, -0.2) is 0 Å². The summed E-state index contributed by atoms with van der Waals surface area (Å²) in [5.74, 6) is 0.0445. The van der Waals surface area contributed by atoms with Gasteiger partial charge in [-0.05, 0) is 38.5 Å². The molecule has 0 bridgehead atoms. The van der Waals surface area contributed by atoms with E-state index in [9.17, 15) is 0 Å². The van der Waals surface area contributed by atoms with E-state index in [0.717, 1.165) is 24.3 Å². The van der Waals surface area contributed by atoms with Crippen LogP contribution in [0.25, 0.3) is 0 Å². The SMILES string of the molecule is CCN(CC(C)C#N)c1ccc([C@@H](C)N)cc1. The molecule has 0 spiro atoms. The molecule has 0 radical (unpaired) electrons. The normalized spacial score (nSPS) is 13.8. The summed E-state index contributed by atoms with van der Waals surface area (Å²) in [6, 6.07) is 10.6. The van der Waals surface area contributed by atoms with Gasteiger partial charge in [-0.15, -0.1) is 0 Å². The van der Waals surface area contributed by atoms with Gasteiger partial charge in [-0.2, -0.15) is 5.26 Å². The highest BCUT2D eigenvalue weighted by Gasteiger charge is 2.09. The van der Waals surface area contributed by atoms with Crippen LogP contribution in [-0.4, -0.2) is 13.1 Å². The lowest BCUT2D eigenvalue weighted by Crippen LogP contribution is -2.27. The number of hydrogen-bond donors (Lipinski definition) is 1. The van der Waals surface area contributed by atoms with Crippen molar-refractivity contribution in [2.75, 3.05) is 18.0 Å². The second-order valence-electron chi connectivity index (χ2n) is 4.45. The first-order valence-electron chi connectivity index (χ1n) is 6.08. The van der Waals surface area contributed by atoms with Crippen molar-refractivity contribution in [1.29, 1.82) is 5.26 Å². The van der Waals surface area contributed by atoms with Crippen molar-refractivity contribution in [1.82, 2.24) is 0 Å². The molecule has 0 fully saturated rings. The fraction of sp³-hybridized carbons (Fsp3) is 0.500. The average molecular weight is 231 g/mol. The summed E-state index contributed by atoms with van der Waals surface area (Å²) in [5.41, 5.74) is 8.11. The number of benzene rings is 1. The van der Waals surface area contributed by atoms with Crippen LogP contribution in [0, 0.1) is 17.2 Å². The highest BCUT2D eigenvalue weighted by molar-refractivity contribution is 5.48. The molecule has 0 aliphatic rings. The molecule has 0 aromatic heterocycles. The topological polar surface area (TPSA) is 53.0 Å². The van der Waals surface area contributed by atoms with E-state index in [1.807, 2.05) is 13.8 Å². The van der Waals surface area contributed by atoms with Crippen LogP contribution in [0.5, 0.6) is 0 Å². The van der Waals surface area contributed by atoms with Crippen molar-refractivity contribution in [3.05, 3.63) is 29.8 Å². The van der Waals surface area contributed by atoms with Gasteiger partial charge in [-0.1, -0.05) is 12.1 Å². The summed E-state index contributed by atoms with van der Waals surface area (Å²) in [6.07, 6.45) is 0. The van der Waals surface area contributed by atoms with E-state index in [4.69, 9.17) is 11.0 Å². The molecule has 2 N–H and O–H groups in total. The molecular formula is C14H21N3. The Balaban J connectivity index is 2.79. The lowest BCUT2D eigenvalue weighted by molar-refractivity contribution is 0.686. The third-order valence-corrected chi connectivity index (χ3v) is 2.88. The fourth-order valence-electron chi connectivity index (χ4n) is 1.78. The highest BCUT2D eigenvalue weighted by atomic mass is 15.1. The first-order valence-corrected chi connectivity index (χ1v) is 6.08. The molecule has 0 aliphatic carbocycles. The molecule has 1 aromatic rings. The maximum atomic E-state index is 8.85. The zero-order valence-electron chi connectivity index (χ0n) is 10.9. The molecule has 17 heavy (non-hydrogen) atoms. The molecular weight excluding hydrogens is 210 g/mol. The molecule has 3 heteroatoms. The van der Waals surface area contributed by atoms with Gasteiger partial charge in [0.1, 0.15) is 0 Å². The zero-order valence-corrected chi connectivity index (χ0v) is 10.9. The first kappa shape index (κ1) is 13.5. The number of anilines is 1. The summed E-state index contributed by atoms with van der Waals surface area (Å²) < 4.78 is 0. The maximum Gasteiger partial charge on any atom is 0.0671 e. The Hall–Kier alpha value is -1.53. The number of hydrogen-bond acceptors (Lipinski definition) is 3. The quantitative estimate of drug-likeness (QED) is 0.847. The third-order valence-electron chi connectivity index (χ3n) is 2.88. The molecule has 1 unspecified atom stereocenters. The number of nitriles is 1. The van der Waals surface area contributed by atoms with Crippen molar-refractivity contribution in [2.45, 2.75) is 26.8 Å². The standard InChI is InChI=1S/C14H21N3/c1-4-17(10-11(2)9-15)14-7-5-13(6-8-14)12(3)16/h5-8,11-12H,4,10,16H2,1-3H3/t11?,12-/m1/s1. The van der Waals surface area contributed by atoms with Crippen molar-refractivity contribution in [3.63, 3.8) is 0 Å². The Bertz CT molecular complexity index is 375. The van der Waals surface area contributed by atoms with E-state index in [-0.39, 0.29) is 12.0 Å². The second-order valence-corrected chi connectivity index (χ2v) is 4.45. The van der Waals surface area contributed by atoms with Gasteiger partial charge in [0.2, 0.25) is 0 Å². The van der Waals surface area contributed by atoms with E-state index >= 15 is 0 Å². The van der Waals surface area contributed by atoms with Crippen LogP contribution in [0.4, 0.5) is 5.69 Å². The smallest absolute Gasteiger partial charge is 0.0671 e. The predicted molar refractivity (Wildman–Crippen MR) is 71.7 cm³/mol. The lowest BCUT2D eigenvalue weighted by Gasteiger charge is -2.24. The molecule has 0 amide bonds. The molecule has 1 aromatic carbocycles. The molecule has 0 saturated heterocycles. The van der Waals surface area contributed by atoms with Crippen LogP contribution in [0.3, 0.4) is 0 Å². The van der Waals surface area contributed by atoms with Crippen LogP contribution in [0.2, 0.25) is 0 Å². The Morgan fingerprint density at radius 3 is 2.29 bits per heavy atom. The average Bonchev–Trinajstić information content (AvgIpc) is 2.35. The minimum atomic E-state index is 0.0445. The van der Waals surface area contributed by atoms with Crippen molar-refractivity contribution in [3.8, 4) is 6.07 Å². The zero-order chi connectivity index (χ0) is 12.8. The number of rotatable bonds is 5. The molecule has 3 nitrogen and oxygen atoms in total. The van der Waals surface area contributed by atoms with Gasteiger partial charge in [0.25, 0.3) is 0 Å². The molecule has 2 atom stereocenters. The highest BCUT2D eigenvalue weighted by Crippen LogP contribution is 2.19. The predicted octanol–water partition coefficient (Wildman–Crippen LogP) is 2.69. The van der Waals surface area contributed by atoms with Gasteiger partial charge >= 0.3 is 0 Å². The second kappa shape index (κ2) is 6.27. The van der Waals surface area contributed by atoms with Crippen LogP contribution in [0.15, 0.2) is 24.3 Å². The largest absolute Gasteiger partial charge is 0.371 e. The van der Waals surface area contributed by atoms with E-state index in [2.05, 4.69) is 42.2 Å². The molecule has 1 rings (SSSR count). The van der Waals surface area contributed by atoms with E-state index in [0.29, 0.717) is 0 Å². The van der Waals surface area contributed by atoms with E-state index in [1.165, 1.54) is 0 Å². The Morgan fingerprint density at radius 1 is 1.29 bits per heavy atom. The van der Waals surface area contributed by atoms with Crippen LogP contribution < -0.4 is 10.6 Å². The number of nitrogens with zero attached hydrogens (tertiary/aromatic N) is 2. The van der Waals surface area contributed by atoms with E-state index < -0.39 is 0 Å². The Morgan fingerprint density at radius 2 is 1.88 bits per heavy atom. The Kier molecular flexibility index (Phi) is 4.99. The minimum Gasteiger partial charge on any atom is -0.371 e. The van der Waals surface area contributed by atoms with Crippen LogP contribution in [0.1, 0.15) is 32.4 Å². The monoisotopic (exact) mass is 231 g/mol. The van der Waals surface area contributed by atoms with Gasteiger partial charge < -0.3 is 10.6 Å². The van der Waals surface area contributed by atoms with Crippen LogP contribution >= 0.6 is 0 Å². The summed E-state index contributed by atoms with van der Waals surface area (Å²) in [4.78, 5) is 2.21. The van der Waals surface area contributed by atoms with Crippen molar-refractivity contribution < 1.29 is 0 Å². The van der Waals surface area contributed by atoms with Gasteiger partial charge in [0.05, 0.1) is 12.0 Å². The lowest BCUT2D eigenvalue weighted by atomic mass is 10.1. The fourth-order valence-corrected chi connectivity index (χ4v) is 1.78. The molecule has 0 heterocycles. The van der Waals surface area contributed by atoms with Crippen molar-refractivity contribution >= 4 is 5.69 Å². The molecule has 92 valence electrons. The Labute approximate surface area is 104 Å². The third kappa shape index (κ3) is 3.76. The summed E-state index contributed by atoms with van der Waals surface area (Å²) in [5, 5.41) is 8.85. The molecule has 0 aliphatic heterocycles. The van der Waals surface area contributed by atoms with Crippen LogP contribution in [-0.2, 0) is 0 Å². The van der Waals surface area contributed by atoms with Gasteiger partial charge in [-0.3, -0.25) is 0 Å². The van der Waals surface area contributed by atoms with Gasteiger partial charge in [0, 0.05) is 24.8 Å². The number of nitrogens with two attached hydrogens (primary N) is 1. The first-order chi connectivity index (χ1) is 8.08. The maximum absolute atomic E-state index is 8.85. The van der Waals surface area contributed by atoms with Gasteiger partial charge in [0.15, 0.2) is 0 Å².